The van der Waals surface area contributed by atoms with Crippen molar-refractivity contribution in [3.63, 3.8) is 0 Å². The summed E-state index contributed by atoms with van der Waals surface area (Å²) in [6, 6.07) is 4.27. The third-order valence-electron chi connectivity index (χ3n) is 5.80. The van der Waals surface area contributed by atoms with Gasteiger partial charge in [-0.05, 0) is 43.6 Å². The summed E-state index contributed by atoms with van der Waals surface area (Å²) in [5, 5.41) is 11.2. The SMILES string of the molecule is O=[N+]([O-])c1ccc(N2CC3CC=CCC3C2)c(S(=O)(=O)N2CCCC2)c1. The monoisotopic (exact) mass is 377 g/mol. The molecule has 2 unspecified atom stereocenters. The number of nitrogens with zero attached hydrogens (tertiary/aromatic N) is 3. The van der Waals surface area contributed by atoms with Gasteiger partial charge in [0.25, 0.3) is 5.69 Å². The minimum atomic E-state index is -3.72. The number of sulfonamides is 1. The first-order chi connectivity index (χ1) is 12.5. The van der Waals surface area contributed by atoms with Gasteiger partial charge < -0.3 is 4.90 Å². The molecule has 2 saturated heterocycles. The lowest BCUT2D eigenvalue weighted by atomic mass is 9.86. The molecular weight excluding hydrogens is 354 g/mol. The summed E-state index contributed by atoms with van der Waals surface area (Å²) in [7, 11) is -3.72. The number of benzene rings is 1. The second kappa shape index (κ2) is 6.66. The molecule has 3 aliphatic rings. The highest BCUT2D eigenvalue weighted by Crippen LogP contribution is 2.39. The van der Waals surface area contributed by atoms with Gasteiger partial charge in [-0.25, -0.2) is 8.42 Å². The lowest BCUT2D eigenvalue weighted by Gasteiger charge is -2.24. The maximum atomic E-state index is 13.2. The first kappa shape index (κ1) is 17.5. The number of hydrogen-bond donors (Lipinski definition) is 0. The van der Waals surface area contributed by atoms with Crippen LogP contribution in [0.25, 0.3) is 0 Å². The van der Waals surface area contributed by atoms with Gasteiger partial charge in [-0.15, -0.1) is 0 Å². The Labute approximate surface area is 153 Å². The van der Waals surface area contributed by atoms with Crippen LogP contribution in [0.4, 0.5) is 11.4 Å². The average Bonchev–Trinajstić information content (AvgIpc) is 3.31. The van der Waals surface area contributed by atoms with Crippen molar-refractivity contribution in [3.8, 4) is 0 Å². The fourth-order valence-corrected chi connectivity index (χ4v) is 6.11. The van der Waals surface area contributed by atoms with Crippen LogP contribution in [0.15, 0.2) is 35.2 Å². The van der Waals surface area contributed by atoms with Crippen LogP contribution in [-0.2, 0) is 10.0 Å². The molecule has 0 spiro atoms. The molecule has 2 heterocycles. The van der Waals surface area contributed by atoms with E-state index in [1.807, 2.05) is 0 Å². The van der Waals surface area contributed by atoms with E-state index in [4.69, 9.17) is 0 Å². The molecule has 2 fully saturated rings. The van der Waals surface area contributed by atoms with Crippen molar-refractivity contribution in [2.24, 2.45) is 11.8 Å². The van der Waals surface area contributed by atoms with Crippen molar-refractivity contribution in [2.45, 2.75) is 30.6 Å². The molecule has 4 rings (SSSR count). The van der Waals surface area contributed by atoms with Gasteiger partial charge in [0.1, 0.15) is 4.90 Å². The largest absolute Gasteiger partial charge is 0.370 e. The van der Waals surface area contributed by atoms with Crippen LogP contribution in [0.5, 0.6) is 0 Å². The van der Waals surface area contributed by atoms with Gasteiger partial charge in [-0.1, -0.05) is 12.2 Å². The van der Waals surface area contributed by atoms with Crippen LogP contribution in [0.2, 0.25) is 0 Å². The number of nitro groups is 1. The minimum absolute atomic E-state index is 0.0835. The molecule has 0 N–H and O–H groups in total. The first-order valence-corrected chi connectivity index (χ1v) is 10.6. The van der Waals surface area contributed by atoms with Gasteiger partial charge in [0, 0.05) is 38.3 Å². The topological polar surface area (TPSA) is 83.8 Å². The summed E-state index contributed by atoms with van der Waals surface area (Å²) in [6.45, 7) is 2.57. The fourth-order valence-electron chi connectivity index (χ4n) is 4.36. The lowest BCUT2D eigenvalue weighted by molar-refractivity contribution is -0.385. The van der Waals surface area contributed by atoms with E-state index in [0.717, 1.165) is 38.8 Å². The second-order valence-electron chi connectivity index (χ2n) is 7.39. The van der Waals surface area contributed by atoms with Gasteiger partial charge in [-0.3, -0.25) is 10.1 Å². The molecule has 0 aromatic heterocycles. The maximum absolute atomic E-state index is 13.2. The van der Waals surface area contributed by atoms with E-state index in [2.05, 4.69) is 17.1 Å². The van der Waals surface area contributed by atoms with E-state index in [1.165, 1.54) is 16.4 Å². The Kier molecular flexibility index (Phi) is 4.48. The lowest BCUT2D eigenvalue weighted by Crippen LogP contribution is -2.30. The van der Waals surface area contributed by atoms with E-state index in [0.29, 0.717) is 30.6 Å². The summed E-state index contributed by atoms with van der Waals surface area (Å²) in [6.07, 6.45) is 8.10. The molecule has 2 atom stereocenters. The van der Waals surface area contributed by atoms with Crippen molar-refractivity contribution in [1.29, 1.82) is 0 Å². The van der Waals surface area contributed by atoms with Crippen molar-refractivity contribution in [1.82, 2.24) is 4.31 Å². The molecule has 1 aromatic rings. The van der Waals surface area contributed by atoms with E-state index in [9.17, 15) is 18.5 Å². The van der Waals surface area contributed by atoms with Crippen LogP contribution in [-0.4, -0.2) is 43.8 Å². The molecule has 26 heavy (non-hydrogen) atoms. The quantitative estimate of drug-likeness (QED) is 0.458. The highest BCUT2D eigenvalue weighted by Gasteiger charge is 2.37. The van der Waals surface area contributed by atoms with Crippen molar-refractivity contribution >= 4 is 21.4 Å². The average molecular weight is 377 g/mol. The Balaban J connectivity index is 1.73. The number of hydrogen-bond acceptors (Lipinski definition) is 5. The van der Waals surface area contributed by atoms with Crippen LogP contribution >= 0.6 is 0 Å². The normalized spacial score (nSPS) is 26.2. The zero-order chi connectivity index (χ0) is 18.3. The summed E-state index contributed by atoms with van der Waals surface area (Å²) < 4.78 is 27.8. The van der Waals surface area contributed by atoms with E-state index in [-0.39, 0.29) is 10.6 Å². The summed E-state index contributed by atoms with van der Waals surface area (Å²) in [5.74, 6) is 1.05. The van der Waals surface area contributed by atoms with Gasteiger partial charge in [0.15, 0.2) is 0 Å². The highest BCUT2D eigenvalue weighted by molar-refractivity contribution is 7.89. The third-order valence-corrected chi connectivity index (χ3v) is 7.73. The summed E-state index contributed by atoms with van der Waals surface area (Å²) in [5.41, 5.74) is 0.432. The van der Waals surface area contributed by atoms with Gasteiger partial charge in [0.05, 0.1) is 10.6 Å². The standard InChI is InChI=1S/C18H23N3O4S/c22-21(23)16-7-8-17(19-12-14-5-1-2-6-15(14)13-19)18(11-16)26(24,25)20-9-3-4-10-20/h1-2,7-8,11,14-15H,3-6,9-10,12-13H2. The molecule has 140 valence electrons. The Morgan fingerprint density at radius 3 is 2.23 bits per heavy atom. The Hall–Kier alpha value is -1.93. The van der Waals surface area contributed by atoms with E-state index in [1.54, 1.807) is 6.07 Å². The number of allylic oxidation sites excluding steroid dienone is 2. The number of anilines is 1. The molecule has 2 aliphatic heterocycles. The predicted molar refractivity (Wildman–Crippen MR) is 98.7 cm³/mol. The van der Waals surface area contributed by atoms with Crippen molar-refractivity contribution in [2.75, 3.05) is 31.1 Å². The molecule has 8 heteroatoms. The minimum Gasteiger partial charge on any atom is -0.370 e. The van der Waals surface area contributed by atoms with Crippen LogP contribution < -0.4 is 4.90 Å². The highest BCUT2D eigenvalue weighted by atomic mass is 32.2. The number of rotatable bonds is 4. The number of fused-ring (bicyclic) bond motifs is 1. The molecule has 1 aliphatic carbocycles. The molecule has 0 bridgehead atoms. The van der Waals surface area contributed by atoms with Crippen LogP contribution in [0, 0.1) is 22.0 Å². The van der Waals surface area contributed by atoms with Crippen LogP contribution in [0.1, 0.15) is 25.7 Å². The van der Waals surface area contributed by atoms with Crippen molar-refractivity contribution < 1.29 is 13.3 Å². The molecular formula is C18H23N3O4S. The van der Waals surface area contributed by atoms with Crippen LogP contribution in [0.3, 0.4) is 0 Å². The fraction of sp³-hybridized carbons (Fsp3) is 0.556. The Bertz CT molecular complexity index is 830. The third kappa shape index (κ3) is 3.01. The number of non-ortho nitro benzene ring substituents is 1. The summed E-state index contributed by atoms with van der Waals surface area (Å²) >= 11 is 0. The smallest absolute Gasteiger partial charge is 0.270 e. The van der Waals surface area contributed by atoms with Gasteiger partial charge >= 0.3 is 0 Å². The van der Waals surface area contributed by atoms with E-state index >= 15 is 0 Å². The van der Waals surface area contributed by atoms with Gasteiger partial charge in [-0.2, -0.15) is 4.31 Å². The zero-order valence-corrected chi connectivity index (χ0v) is 15.4. The van der Waals surface area contributed by atoms with Gasteiger partial charge in [0.2, 0.25) is 10.0 Å². The molecule has 0 radical (unpaired) electrons. The first-order valence-electron chi connectivity index (χ1n) is 9.15. The molecule has 7 nitrogen and oxygen atoms in total. The zero-order valence-electron chi connectivity index (χ0n) is 14.6. The predicted octanol–water partition coefficient (Wildman–Crippen LogP) is 2.78. The number of nitro benzene ring substituents is 1. The van der Waals surface area contributed by atoms with Crippen molar-refractivity contribution in [3.05, 3.63) is 40.5 Å². The Morgan fingerprint density at radius 2 is 1.65 bits per heavy atom. The second-order valence-corrected chi connectivity index (χ2v) is 9.29. The molecule has 1 aromatic carbocycles. The summed E-state index contributed by atoms with van der Waals surface area (Å²) in [4.78, 5) is 12.9. The van der Waals surface area contributed by atoms with E-state index < -0.39 is 14.9 Å². The molecule has 0 amide bonds. The Morgan fingerprint density at radius 1 is 1.04 bits per heavy atom. The molecule has 0 saturated carbocycles. The maximum Gasteiger partial charge on any atom is 0.270 e.